The van der Waals surface area contributed by atoms with E-state index in [1.807, 2.05) is 31.7 Å². The second kappa shape index (κ2) is 8.36. The van der Waals surface area contributed by atoms with Gasteiger partial charge >= 0.3 is 6.09 Å². The fourth-order valence-corrected chi connectivity index (χ4v) is 3.78. The summed E-state index contributed by atoms with van der Waals surface area (Å²) < 4.78 is 6.31. The maximum atomic E-state index is 12.1. The van der Waals surface area contributed by atoms with Crippen molar-refractivity contribution >= 4 is 29.0 Å². The summed E-state index contributed by atoms with van der Waals surface area (Å²) in [6.07, 6.45) is 3.91. The van der Waals surface area contributed by atoms with E-state index in [-0.39, 0.29) is 6.09 Å². The number of thiophene rings is 1. The summed E-state index contributed by atoms with van der Waals surface area (Å²) in [7, 11) is 0. The molecule has 1 amide bonds. The molecule has 1 aliphatic rings. The number of halogens is 1. The third kappa shape index (κ3) is 6.69. The van der Waals surface area contributed by atoms with Crippen molar-refractivity contribution < 1.29 is 9.53 Å². The lowest BCUT2D eigenvalue weighted by molar-refractivity contribution is 0.0256. The van der Waals surface area contributed by atoms with Gasteiger partial charge in [-0.25, -0.2) is 4.79 Å². The molecule has 1 aromatic heterocycles. The molecule has 1 N–H and O–H groups in total. The summed E-state index contributed by atoms with van der Waals surface area (Å²) in [5.74, 6) is 0. The van der Waals surface area contributed by atoms with E-state index in [1.165, 1.54) is 4.88 Å². The maximum absolute atomic E-state index is 12.1. The van der Waals surface area contributed by atoms with Gasteiger partial charge in [0, 0.05) is 30.6 Å². The molecule has 0 radical (unpaired) electrons. The van der Waals surface area contributed by atoms with Crippen LogP contribution in [0.4, 0.5) is 4.79 Å². The van der Waals surface area contributed by atoms with Crippen molar-refractivity contribution in [3.05, 3.63) is 21.3 Å². The Labute approximate surface area is 148 Å². The molecule has 0 saturated carbocycles. The Balaban J connectivity index is 1.72. The monoisotopic (exact) mass is 358 g/mol. The Morgan fingerprint density at radius 3 is 2.83 bits per heavy atom. The molecule has 0 aliphatic carbocycles. The van der Waals surface area contributed by atoms with Gasteiger partial charge < -0.3 is 15.0 Å². The molecule has 1 aliphatic heterocycles. The van der Waals surface area contributed by atoms with Crippen LogP contribution in [0.15, 0.2) is 12.1 Å². The molecule has 6 heteroatoms. The zero-order valence-corrected chi connectivity index (χ0v) is 15.8. The molecule has 4 nitrogen and oxygen atoms in total. The first-order chi connectivity index (χ1) is 10.8. The average molecular weight is 359 g/mol. The fourth-order valence-electron chi connectivity index (χ4n) is 2.70. The molecule has 0 aromatic carbocycles. The SMILES string of the molecule is CC(C)(C)OC(=O)N1CCCC(NCCc2ccc(Cl)s2)CC1. The Morgan fingerprint density at radius 2 is 2.17 bits per heavy atom. The first kappa shape index (κ1) is 18.6. The molecule has 0 bridgehead atoms. The van der Waals surface area contributed by atoms with Crippen LogP contribution in [0.5, 0.6) is 0 Å². The third-order valence-corrected chi connectivity index (χ3v) is 5.10. The third-order valence-electron chi connectivity index (χ3n) is 3.81. The van der Waals surface area contributed by atoms with Gasteiger partial charge in [0.2, 0.25) is 0 Å². The smallest absolute Gasteiger partial charge is 0.410 e. The highest BCUT2D eigenvalue weighted by Crippen LogP contribution is 2.21. The number of hydrogen-bond donors (Lipinski definition) is 1. The minimum Gasteiger partial charge on any atom is -0.444 e. The van der Waals surface area contributed by atoms with Gasteiger partial charge in [0.1, 0.15) is 5.60 Å². The zero-order valence-electron chi connectivity index (χ0n) is 14.2. The predicted octanol–water partition coefficient (Wildman–Crippen LogP) is 4.32. The van der Waals surface area contributed by atoms with Crippen molar-refractivity contribution in [2.45, 2.75) is 58.1 Å². The van der Waals surface area contributed by atoms with Crippen molar-refractivity contribution in [2.24, 2.45) is 0 Å². The summed E-state index contributed by atoms with van der Waals surface area (Å²) in [5.41, 5.74) is -0.428. The van der Waals surface area contributed by atoms with Crippen LogP contribution in [0.2, 0.25) is 4.34 Å². The quantitative estimate of drug-likeness (QED) is 0.871. The lowest BCUT2D eigenvalue weighted by Crippen LogP contribution is -2.38. The van der Waals surface area contributed by atoms with E-state index in [0.29, 0.717) is 6.04 Å². The highest BCUT2D eigenvalue weighted by Gasteiger charge is 2.24. The minimum atomic E-state index is -0.428. The lowest BCUT2D eigenvalue weighted by Gasteiger charge is -2.26. The fraction of sp³-hybridized carbons (Fsp3) is 0.706. The number of amides is 1. The van der Waals surface area contributed by atoms with Crippen LogP contribution in [-0.4, -0.2) is 42.3 Å². The molecule has 130 valence electrons. The van der Waals surface area contributed by atoms with Crippen LogP contribution >= 0.6 is 22.9 Å². The second-order valence-electron chi connectivity index (χ2n) is 7.01. The molecule has 1 fully saturated rings. The van der Waals surface area contributed by atoms with Gasteiger partial charge in [0.15, 0.2) is 0 Å². The Bertz CT molecular complexity index is 513. The molecule has 1 aromatic rings. The summed E-state index contributed by atoms with van der Waals surface area (Å²) in [4.78, 5) is 15.3. The van der Waals surface area contributed by atoms with Crippen molar-refractivity contribution in [3.63, 3.8) is 0 Å². The van der Waals surface area contributed by atoms with Gasteiger partial charge in [-0.15, -0.1) is 11.3 Å². The van der Waals surface area contributed by atoms with Crippen LogP contribution in [-0.2, 0) is 11.2 Å². The highest BCUT2D eigenvalue weighted by molar-refractivity contribution is 7.16. The van der Waals surface area contributed by atoms with E-state index in [1.54, 1.807) is 11.3 Å². The Morgan fingerprint density at radius 1 is 1.39 bits per heavy atom. The first-order valence-electron chi connectivity index (χ1n) is 8.29. The van der Waals surface area contributed by atoms with Gasteiger partial charge in [-0.05, 0) is 58.6 Å². The van der Waals surface area contributed by atoms with Gasteiger partial charge in [0.05, 0.1) is 4.34 Å². The molecule has 1 atom stereocenters. The Hall–Kier alpha value is -0.780. The number of likely N-dealkylation sites (tertiary alicyclic amines) is 1. The van der Waals surface area contributed by atoms with E-state index in [0.717, 1.165) is 49.7 Å². The maximum Gasteiger partial charge on any atom is 0.410 e. The number of ether oxygens (including phenoxy) is 1. The molecule has 1 unspecified atom stereocenters. The number of rotatable bonds is 4. The lowest BCUT2D eigenvalue weighted by atomic mass is 10.1. The van der Waals surface area contributed by atoms with Crippen molar-refractivity contribution in [2.75, 3.05) is 19.6 Å². The molecule has 23 heavy (non-hydrogen) atoms. The molecular weight excluding hydrogens is 332 g/mol. The molecule has 2 rings (SSSR count). The van der Waals surface area contributed by atoms with Crippen molar-refractivity contribution in [1.82, 2.24) is 10.2 Å². The number of hydrogen-bond acceptors (Lipinski definition) is 4. The molecule has 0 spiro atoms. The summed E-state index contributed by atoms with van der Waals surface area (Å²) in [6.45, 7) is 8.22. The average Bonchev–Trinajstić information content (AvgIpc) is 2.71. The van der Waals surface area contributed by atoms with Gasteiger partial charge in [-0.3, -0.25) is 0 Å². The topological polar surface area (TPSA) is 41.6 Å². The zero-order chi connectivity index (χ0) is 16.9. The van der Waals surface area contributed by atoms with E-state index < -0.39 is 5.60 Å². The second-order valence-corrected chi connectivity index (χ2v) is 8.80. The summed E-state index contributed by atoms with van der Waals surface area (Å²) >= 11 is 7.59. The number of carbonyl (C=O) groups is 1. The standard InChI is InChI=1S/C17H27ClN2O2S/c1-17(2,3)22-16(21)20-11-4-5-13(9-12-20)19-10-8-14-6-7-15(18)23-14/h6-7,13,19H,4-5,8-12H2,1-3H3. The number of carbonyl (C=O) groups excluding carboxylic acids is 1. The van der Waals surface area contributed by atoms with Crippen LogP contribution in [0, 0.1) is 0 Å². The number of nitrogens with zero attached hydrogens (tertiary/aromatic N) is 1. The van der Waals surface area contributed by atoms with Gasteiger partial charge in [-0.2, -0.15) is 0 Å². The van der Waals surface area contributed by atoms with E-state index >= 15 is 0 Å². The van der Waals surface area contributed by atoms with Gasteiger partial charge in [-0.1, -0.05) is 11.6 Å². The normalized spacial score (nSPS) is 19.5. The summed E-state index contributed by atoms with van der Waals surface area (Å²) in [5, 5.41) is 3.61. The highest BCUT2D eigenvalue weighted by atomic mass is 35.5. The van der Waals surface area contributed by atoms with Crippen LogP contribution in [0.1, 0.15) is 44.9 Å². The van der Waals surface area contributed by atoms with E-state index in [4.69, 9.17) is 16.3 Å². The number of nitrogens with one attached hydrogen (secondary N) is 1. The predicted molar refractivity (Wildman–Crippen MR) is 96.5 cm³/mol. The van der Waals surface area contributed by atoms with E-state index in [2.05, 4.69) is 11.4 Å². The first-order valence-corrected chi connectivity index (χ1v) is 9.48. The Kier molecular flexibility index (Phi) is 6.74. The van der Waals surface area contributed by atoms with Crippen LogP contribution < -0.4 is 5.32 Å². The van der Waals surface area contributed by atoms with Crippen molar-refractivity contribution in [3.8, 4) is 0 Å². The molecule has 2 heterocycles. The summed E-state index contributed by atoms with van der Waals surface area (Å²) in [6, 6.07) is 4.51. The van der Waals surface area contributed by atoms with Crippen molar-refractivity contribution in [1.29, 1.82) is 0 Å². The minimum absolute atomic E-state index is 0.189. The van der Waals surface area contributed by atoms with E-state index in [9.17, 15) is 4.79 Å². The largest absolute Gasteiger partial charge is 0.444 e. The molecule has 1 saturated heterocycles. The van der Waals surface area contributed by atoms with Crippen LogP contribution in [0.25, 0.3) is 0 Å². The van der Waals surface area contributed by atoms with Crippen LogP contribution in [0.3, 0.4) is 0 Å². The molecular formula is C17H27ClN2O2S. The van der Waals surface area contributed by atoms with Gasteiger partial charge in [0.25, 0.3) is 0 Å².